The Hall–Kier alpha value is -1.76. The van der Waals surface area contributed by atoms with Crippen molar-refractivity contribution in [3.05, 3.63) is 64.7 Å². The lowest BCUT2D eigenvalue weighted by atomic mass is 10.00. The molecule has 0 spiro atoms. The van der Waals surface area contributed by atoms with Crippen molar-refractivity contribution in [1.82, 2.24) is 0 Å². The number of rotatable bonds is 4. The molecule has 0 aliphatic rings. The van der Waals surface area contributed by atoms with Crippen LogP contribution < -0.4 is 4.74 Å². The topological polar surface area (TPSA) is 9.23 Å². The molecule has 18 heavy (non-hydrogen) atoms. The van der Waals surface area contributed by atoms with Crippen molar-refractivity contribution in [2.75, 3.05) is 7.11 Å². The number of hydrogen-bond acceptors (Lipinski definition) is 1. The van der Waals surface area contributed by atoms with Crippen molar-refractivity contribution in [1.29, 1.82) is 0 Å². The summed E-state index contributed by atoms with van der Waals surface area (Å²) in [6.07, 6.45) is 2.17. The van der Waals surface area contributed by atoms with Crippen molar-refractivity contribution in [3.63, 3.8) is 0 Å². The van der Waals surface area contributed by atoms with Crippen LogP contribution in [0.1, 0.15) is 22.3 Å². The standard InChI is InChI=1S/C17H20O/c1-13-4-6-15(7-5-13)8-9-16-10-11-17(18-3)12-14(16)2/h4-7,10-12H,8-9H2,1-3H3. The van der Waals surface area contributed by atoms with Gasteiger partial charge in [0.1, 0.15) is 5.75 Å². The third-order valence-electron chi connectivity index (χ3n) is 3.35. The molecule has 1 nitrogen and oxygen atoms in total. The highest BCUT2D eigenvalue weighted by atomic mass is 16.5. The molecule has 0 bridgehead atoms. The Morgan fingerprint density at radius 1 is 0.889 bits per heavy atom. The predicted molar refractivity (Wildman–Crippen MR) is 76.3 cm³/mol. The van der Waals surface area contributed by atoms with Gasteiger partial charge in [-0.1, -0.05) is 35.9 Å². The van der Waals surface area contributed by atoms with Gasteiger partial charge in [-0.25, -0.2) is 0 Å². The first kappa shape index (κ1) is 12.7. The highest BCUT2D eigenvalue weighted by Gasteiger charge is 2.01. The van der Waals surface area contributed by atoms with Gasteiger partial charge in [0.05, 0.1) is 7.11 Å². The summed E-state index contributed by atoms with van der Waals surface area (Å²) in [5.41, 5.74) is 5.42. The largest absolute Gasteiger partial charge is 0.497 e. The maximum atomic E-state index is 5.23. The second-order valence-electron chi connectivity index (χ2n) is 4.78. The average molecular weight is 240 g/mol. The van der Waals surface area contributed by atoms with Crippen molar-refractivity contribution < 1.29 is 4.74 Å². The Bertz CT molecular complexity index is 512. The van der Waals surface area contributed by atoms with Crippen LogP contribution >= 0.6 is 0 Å². The van der Waals surface area contributed by atoms with Gasteiger partial charge < -0.3 is 4.74 Å². The van der Waals surface area contributed by atoms with E-state index in [0.29, 0.717) is 0 Å². The van der Waals surface area contributed by atoms with Crippen LogP contribution in [-0.2, 0) is 12.8 Å². The van der Waals surface area contributed by atoms with E-state index in [-0.39, 0.29) is 0 Å². The third-order valence-corrected chi connectivity index (χ3v) is 3.35. The van der Waals surface area contributed by atoms with E-state index in [9.17, 15) is 0 Å². The van der Waals surface area contributed by atoms with Crippen LogP contribution in [0.25, 0.3) is 0 Å². The zero-order valence-electron chi connectivity index (χ0n) is 11.4. The molecule has 0 atom stereocenters. The fraction of sp³-hybridized carbons (Fsp3) is 0.294. The number of aryl methyl sites for hydroxylation is 4. The minimum atomic E-state index is 0.937. The first-order valence-electron chi connectivity index (χ1n) is 6.38. The van der Waals surface area contributed by atoms with Gasteiger partial charge in [-0.2, -0.15) is 0 Å². The van der Waals surface area contributed by atoms with Gasteiger partial charge in [0.2, 0.25) is 0 Å². The Morgan fingerprint density at radius 2 is 1.61 bits per heavy atom. The molecule has 2 aromatic rings. The molecule has 0 heterocycles. The lowest BCUT2D eigenvalue weighted by molar-refractivity contribution is 0.414. The molecule has 0 unspecified atom stereocenters. The van der Waals surface area contributed by atoms with Gasteiger partial charge in [0, 0.05) is 0 Å². The minimum Gasteiger partial charge on any atom is -0.497 e. The predicted octanol–water partition coefficient (Wildman–Crippen LogP) is 4.10. The Morgan fingerprint density at radius 3 is 2.22 bits per heavy atom. The van der Waals surface area contributed by atoms with E-state index in [1.165, 1.54) is 22.3 Å². The first-order chi connectivity index (χ1) is 8.69. The summed E-state index contributed by atoms with van der Waals surface area (Å²) < 4.78 is 5.23. The molecule has 0 saturated heterocycles. The fourth-order valence-corrected chi connectivity index (χ4v) is 2.11. The summed E-state index contributed by atoms with van der Waals surface area (Å²) in [7, 11) is 1.71. The number of ether oxygens (including phenoxy) is 1. The van der Waals surface area contributed by atoms with Crippen LogP contribution in [0.4, 0.5) is 0 Å². The Labute approximate surface area is 109 Å². The van der Waals surface area contributed by atoms with Gasteiger partial charge in [-0.05, 0) is 55.5 Å². The second-order valence-corrected chi connectivity index (χ2v) is 4.78. The molecule has 1 heteroatoms. The summed E-state index contributed by atoms with van der Waals surface area (Å²) in [6, 6.07) is 15.1. The van der Waals surface area contributed by atoms with Crippen LogP contribution in [-0.4, -0.2) is 7.11 Å². The van der Waals surface area contributed by atoms with Crippen molar-refractivity contribution in [3.8, 4) is 5.75 Å². The van der Waals surface area contributed by atoms with Crippen LogP contribution in [0.15, 0.2) is 42.5 Å². The highest BCUT2D eigenvalue weighted by molar-refractivity contribution is 5.35. The van der Waals surface area contributed by atoms with E-state index in [1.54, 1.807) is 7.11 Å². The maximum absolute atomic E-state index is 5.23. The van der Waals surface area contributed by atoms with Crippen LogP contribution in [0.3, 0.4) is 0 Å². The molecular formula is C17H20O. The van der Waals surface area contributed by atoms with Gasteiger partial charge in [-0.3, -0.25) is 0 Å². The second kappa shape index (κ2) is 5.72. The van der Waals surface area contributed by atoms with E-state index in [2.05, 4.69) is 50.2 Å². The monoisotopic (exact) mass is 240 g/mol. The van der Waals surface area contributed by atoms with Gasteiger partial charge in [0.15, 0.2) is 0 Å². The minimum absolute atomic E-state index is 0.937. The molecule has 0 fully saturated rings. The summed E-state index contributed by atoms with van der Waals surface area (Å²) in [5, 5.41) is 0. The van der Waals surface area contributed by atoms with E-state index < -0.39 is 0 Å². The van der Waals surface area contributed by atoms with E-state index in [1.807, 2.05) is 6.07 Å². The molecule has 0 aliphatic carbocycles. The smallest absolute Gasteiger partial charge is 0.119 e. The van der Waals surface area contributed by atoms with Gasteiger partial charge in [-0.15, -0.1) is 0 Å². The summed E-state index contributed by atoms with van der Waals surface area (Å²) in [6.45, 7) is 4.27. The quantitative estimate of drug-likeness (QED) is 0.782. The molecule has 2 aromatic carbocycles. The lowest BCUT2D eigenvalue weighted by Gasteiger charge is -2.08. The van der Waals surface area contributed by atoms with Crippen LogP contribution in [0.2, 0.25) is 0 Å². The number of benzene rings is 2. The van der Waals surface area contributed by atoms with Crippen molar-refractivity contribution in [2.24, 2.45) is 0 Å². The lowest BCUT2D eigenvalue weighted by Crippen LogP contribution is -1.95. The van der Waals surface area contributed by atoms with E-state index in [0.717, 1.165) is 18.6 Å². The van der Waals surface area contributed by atoms with Gasteiger partial charge in [0.25, 0.3) is 0 Å². The van der Waals surface area contributed by atoms with E-state index in [4.69, 9.17) is 4.74 Å². The van der Waals surface area contributed by atoms with E-state index >= 15 is 0 Å². The fourth-order valence-electron chi connectivity index (χ4n) is 2.11. The van der Waals surface area contributed by atoms with Crippen LogP contribution in [0.5, 0.6) is 5.75 Å². The summed E-state index contributed by atoms with van der Waals surface area (Å²) in [5.74, 6) is 0.937. The molecule has 0 saturated carbocycles. The zero-order chi connectivity index (χ0) is 13.0. The van der Waals surface area contributed by atoms with Gasteiger partial charge >= 0.3 is 0 Å². The molecule has 0 radical (unpaired) electrons. The van der Waals surface area contributed by atoms with Crippen LogP contribution in [0, 0.1) is 13.8 Å². The molecule has 2 rings (SSSR count). The molecular weight excluding hydrogens is 220 g/mol. The summed E-state index contributed by atoms with van der Waals surface area (Å²) >= 11 is 0. The first-order valence-corrected chi connectivity index (χ1v) is 6.38. The molecule has 0 N–H and O–H groups in total. The van der Waals surface area contributed by atoms with Crippen molar-refractivity contribution >= 4 is 0 Å². The third kappa shape index (κ3) is 3.13. The molecule has 0 aromatic heterocycles. The average Bonchev–Trinajstić information content (AvgIpc) is 2.39. The molecule has 0 amide bonds. The Balaban J connectivity index is 2.04. The summed E-state index contributed by atoms with van der Waals surface area (Å²) in [4.78, 5) is 0. The number of methoxy groups -OCH3 is 1. The maximum Gasteiger partial charge on any atom is 0.119 e. The molecule has 0 aliphatic heterocycles. The van der Waals surface area contributed by atoms with Crippen molar-refractivity contribution in [2.45, 2.75) is 26.7 Å². The number of hydrogen-bond donors (Lipinski definition) is 0. The SMILES string of the molecule is COc1ccc(CCc2ccc(C)cc2)c(C)c1. The Kier molecular flexibility index (Phi) is 4.03. The zero-order valence-corrected chi connectivity index (χ0v) is 11.4. The normalized spacial score (nSPS) is 10.4. The highest BCUT2D eigenvalue weighted by Crippen LogP contribution is 2.18. The molecule has 94 valence electrons.